The van der Waals surface area contributed by atoms with Crippen LogP contribution in [0.15, 0.2) is 24.8 Å². The molecule has 0 bridgehead atoms. The second-order valence-electron chi connectivity index (χ2n) is 3.87. The molecule has 0 unspecified atom stereocenters. The van der Waals surface area contributed by atoms with Crippen LogP contribution in [0, 0.1) is 13.8 Å². The van der Waals surface area contributed by atoms with E-state index < -0.39 is 0 Å². The third-order valence-corrected chi connectivity index (χ3v) is 3.95. The minimum absolute atomic E-state index is 1.16. The lowest BCUT2D eigenvalue weighted by Crippen LogP contribution is -1.75. The molecule has 1 rings (SSSR count). The molecule has 0 aromatic carbocycles. The Balaban J connectivity index is 2.95. The van der Waals surface area contributed by atoms with Gasteiger partial charge in [0.05, 0.1) is 0 Å². The molecule has 0 fully saturated rings. The van der Waals surface area contributed by atoms with E-state index in [2.05, 4.69) is 45.6 Å². The molecule has 1 aromatic rings. The summed E-state index contributed by atoms with van der Waals surface area (Å²) in [4.78, 5) is 2.73. The van der Waals surface area contributed by atoms with E-state index in [1.807, 2.05) is 23.5 Å². The molecular formula is C15H20S. The number of rotatable bonds is 5. The quantitative estimate of drug-likeness (QED) is 0.598. The van der Waals surface area contributed by atoms with Gasteiger partial charge in [-0.25, -0.2) is 0 Å². The predicted octanol–water partition coefficient (Wildman–Crippen LogP) is 5.38. The SMILES string of the molecule is C=C/C=C\c1sc(/C=C\CCC)c(C)c1C. The molecule has 0 aliphatic carbocycles. The second-order valence-corrected chi connectivity index (χ2v) is 4.95. The molecule has 0 N–H and O–H groups in total. The third-order valence-electron chi connectivity index (χ3n) is 2.63. The van der Waals surface area contributed by atoms with Crippen LogP contribution in [-0.4, -0.2) is 0 Å². The Labute approximate surface area is 103 Å². The molecule has 0 saturated heterocycles. The van der Waals surface area contributed by atoms with Gasteiger partial charge in [0.2, 0.25) is 0 Å². The summed E-state index contributed by atoms with van der Waals surface area (Å²) in [6.45, 7) is 10.3. The van der Waals surface area contributed by atoms with Crippen molar-refractivity contribution in [3.8, 4) is 0 Å². The zero-order valence-corrected chi connectivity index (χ0v) is 11.2. The fraction of sp³-hybridized carbons (Fsp3) is 0.333. The van der Waals surface area contributed by atoms with Crippen molar-refractivity contribution in [2.75, 3.05) is 0 Å². The van der Waals surface area contributed by atoms with Crippen LogP contribution in [0.1, 0.15) is 40.6 Å². The van der Waals surface area contributed by atoms with Gasteiger partial charge in [-0.3, -0.25) is 0 Å². The van der Waals surface area contributed by atoms with Crippen molar-refractivity contribution in [3.05, 3.63) is 45.7 Å². The lowest BCUT2D eigenvalue weighted by Gasteiger charge is -1.92. The van der Waals surface area contributed by atoms with Crippen molar-refractivity contribution in [1.29, 1.82) is 0 Å². The summed E-state index contributed by atoms with van der Waals surface area (Å²) in [7, 11) is 0. The van der Waals surface area contributed by atoms with Gasteiger partial charge in [0.15, 0.2) is 0 Å². The van der Waals surface area contributed by atoms with Gasteiger partial charge in [0.1, 0.15) is 0 Å². The van der Waals surface area contributed by atoms with Crippen molar-refractivity contribution >= 4 is 23.5 Å². The molecule has 0 radical (unpaired) electrons. The highest BCUT2D eigenvalue weighted by Crippen LogP contribution is 2.29. The maximum Gasteiger partial charge on any atom is 0.0308 e. The van der Waals surface area contributed by atoms with E-state index in [-0.39, 0.29) is 0 Å². The van der Waals surface area contributed by atoms with Crippen molar-refractivity contribution in [3.63, 3.8) is 0 Å². The molecule has 16 heavy (non-hydrogen) atoms. The summed E-state index contributed by atoms with van der Waals surface area (Å²) in [6, 6.07) is 0. The smallest absolute Gasteiger partial charge is 0.0308 e. The van der Waals surface area contributed by atoms with Gasteiger partial charge in [-0.15, -0.1) is 11.3 Å². The van der Waals surface area contributed by atoms with E-state index in [9.17, 15) is 0 Å². The van der Waals surface area contributed by atoms with Crippen LogP contribution < -0.4 is 0 Å². The topological polar surface area (TPSA) is 0 Å². The first-order chi connectivity index (χ1) is 7.70. The molecule has 0 atom stereocenters. The van der Waals surface area contributed by atoms with E-state index in [4.69, 9.17) is 0 Å². The number of allylic oxidation sites excluding steroid dienone is 3. The van der Waals surface area contributed by atoms with Crippen molar-refractivity contribution in [1.82, 2.24) is 0 Å². The van der Waals surface area contributed by atoms with Crippen LogP contribution in [0.3, 0.4) is 0 Å². The van der Waals surface area contributed by atoms with E-state index >= 15 is 0 Å². The lowest BCUT2D eigenvalue weighted by atomic mass is 10.1. The first-order valence-corrected chi connectivity index (χ1v) is 6.58. The number of hydrogen-bond donors (Lipinski definition) is 0. The van der Waals surface area contributed by atoms with Crippen LogP contribution in [0.25, 0.3) is 12.2 Å². The Kier molecular flexibility index (Phi) is 5.27. The molecule has 1 heterocycles. The van der Waals surface area contributed by atoms with E-state index in [1.165, 1.54) is 27.3 Å². The van der Waals surface area contributed by atoms with E-state index in [0.29, 0.717) is 0 Å². The average molecular weight is 232 g/mol. The van der Waals surface area contributed by atoms with Gasteiger partial charge >= 0.3 is 0 Å². The second kappa shape index (κ2) is 6.49. The molecule has 1 aromatic heterocycles. The lowest BCUT2D eigenvalue weighted by molar-refractivity contribution is 0.962. The molecule has 86 valence electrons. The zero-order chi connectivity index (χ0) is 12.0. The Morgan fingerprint density at radius 1 is 1.12 bits per heavy atom. The standard InChI is InChI=1S/C15H20S/c1-5-7-9-11-15-13(4)12(3)14(16-15)10-8-6-2/h6,8-11H,2,5,7H2,1,3-4H3/b10-8-,11-9-. The monoisotopic (exact) mass is 232 g/mol. The third kappa shape index (κ3) is 3.21. The van der Waals surface area contributed by atoms with E-state index in [0.717, 1.165) is 6.42 Å². The maximum atomic E-state index is 3.70. The summed E-state index contributed by atoms with van der Waals surface area (Å²) in [5.41, 5.74) is 2.79. The van der Waals surface area contributed by atoms with Gasteiger partial charge in [-0.2, -0.15) is 0 Å². The first-order valence-electron chi connectivity index (χ1n) is 5.76. The molecular weight excluding hydrogens is 212 g/mol. The Morgan fingerprint density at radius 3 is 2.31 bits per heavy atom. The molecule has 0 amide bonds. The average Bonchev–Trinajstić information content (AvgIpc) is 2.55. The Morgan fingerprint density at radius 2 is 1.75 bits per heavy atom. The number of thiophene rings is 1. The maximum absolute atomic E-state index is 3.70. The molecule has 0 aliphatic heterocycles. The van der Waals surface area contributed by atoms with Crippen LogP contribution in [0.2, 0.25) is 0 Å². The van der Waals surface area contributed by atoms with Crippen LogP contribution >= 0.6 is 11.3 Å². The highest BCUT2D eigenvalue weighted by atomic mass is 32.1. The summed E-state index contributed by atoms with van der Waals surface area (Å²) in [6.07, 6.45) is 12.8. The predicted molar refractivity (Wildman–Crippen MR) is 77.0 cm³/mol. The number of hydrogen-bond acceptors (Lipinski definition) is 1. The fourth-order valence-corrected chi connectivity index (χ4v) is 2.63. The van der Waals surface area contributed by atoms with Crippen molar-refractivity contribution in [2.24, 2.45) is 0 Å². The van der Waals surface area contributed by atoms with Crippen LogP contribution in [-0.2, 0) is 0 Å². The summed E-state index contributed by atoms with van der Waals surface area (Å²) >= 11 is 1.86. The van der Waals surface area contributed by atoms with Gasteiger partial charge in [-0.1, -0.05) is 38.2 Å². The minimum atomic E-state index is 1.16. The summed E-state index contributed by atoms with van der Waals surface area (Å²) in [5.74, 6) is 0. The number of unbranched alkanes of at least 4 members (excludes halogenated alkanes) is 1. The summed E-state index contributed by atoms with van der Waals surface area (Å²) in [5, 5.41) is 0. The normalized spacial score (nSPS) is 11.7. The van der Waals surface area contributed by atoms with Crippen molar-refractivity contribution < 1.29 is 0 Å². The molecule has 0 nitrogen and oxygen atoms in total. The Bertz CT molecular complexity index is 405. The highest BCUT2D eigenvalue weighted by molar-refractivity contribution is 7.14. The van der Waals surface area contributed by atoms with Gasteiger partial charge in [0.25, 0.3) is 0 Å². The summed E-state index contributed by atoms with van der Waals surface area (Å²) < 4.78 is 0. The Hall–Kier alpha value is -1.08. The van der Waals surface area contributed by atoms with Gasteiger partial charge in [0, 0.05) is 9.75 Å². The largest absolute Gasteiger partial charge is 0.136 e. The van der Waals surface area contributed by atoms with Crippen LogP contribution in [0.5, 0.6) is 0 Å². The van der Waals surface area contributed by atoms with Gasteiger partial charge in [-0.05, 0) is 43.5 Å². The van der Waals surface area contributed by atoms with Crippen molar-refractivity contribution in [2.45, 2.75) is 33.6 Å². The molecule has 0 spiro atoms. The first kappa shape index (κ1) is 13.0. The minimum Gasteiger partial charge on any atom is -0.136 e. The van der Waals surface area contributed by atoms with Gasteiger partial charge < -0.3 is 0 Å². The fourth-order valence-electron chi connectivity index (χ4n) is 1.47. The molecule has 0 saturated carbocycles. The van der Waals surface area contributed by atoms with Crippen LogP contribution in [0.4, 0.5) is 0 Å². The molecule has 0 aliphatic rings. The molecule has 1 heteroatoms. The highest BCUT2D eigenvalue weighted by Gasteiger charge is 2.06. The zero-order valence-electron chi connectivity index (χ0n) is 10.4. The van der Waals surface area contributed by atoms with E-state index in [1.54, 1.807) is 0 Å².